The molecule has 0 aliphatic carbocycles. The number of hydrogen-bond acceptors (Lipinski definition) is 5. The second-order valence-electron chi connectivity index (χ2n) is 4.72. The molecule has 0 aromatic carbocycles. The number of aromatic nitrogens is 2. The summed E-state index contributed by atoms with van der Waals surface area (Å²) in [5.74, 6) is 1.25. The Balaban J connectivity index is 0.00000128. The van der Waals surface area contributed by atoms with Crippen molar-refractivity contribution in [1.82, 2.24) is 15.0 Å². The Hall–Kier alpha value is -0.650. The average Bonchev–Trinajstić information content (AvgIpc) is 2.73. The SMILES string of the molecule is CC(C)(N)c1noc(CN2CCCC2)n1.Cl. The van der Waals surface area contributed by atoms with Gasteiger partial charge in [0.1, 0.15) is 0 Å². The Bertz CT molecular complexity index is 328. The van der Waals surface area contributed by atoms with E-state index in [4.69, 9.17) is 10.3 Å². The summed E-state index contributed by atoms with van der Waals surface area (Å²) < 4.78 is 5.17. The van der Waals surface area contributed by atoms with Crippen LogP contribution in [0, 0.1) is 0 Å². The monoisotopic (exact) mass is 246 g/mol. The number of hydrogen-bond donors (Lipinski definition) is 1. The molecule has 1 aliphatic rings. The van der Waals surface area contributed by atoms with Gasteiger partial charge in [-0.15, -0.1) is 12.4 Å². The van der Waals surface area contributed by atoms with Crippen LogP contribution in [0.4, 0.5) is 0 Å². The molecule has 0 unspecified atom stereocenters. The molecule has 0 amide bonds. The highest BCUT2D eigenvalue weighted by molar-refractivity contribution is 5.85. The summed E-state index contributed by atoms with van der Waals surface area (Å²) in [4.78, 5) is 6.62. The van der Waals surface area contributed by atoms with Crippen molar-refractivity contribution in [3.63, 3.8) is 0 Å². The quantitative estimate of drug-likeness (QED) is 0.870. The van der Waals surface area contributed by atoms with E-state index in [1.807, 2.05) is 13.8 Å². The lowest BCUT2D eigenvalue weighted by Crippen LogP contribution is -2.30. The van der Waals surface area contributed by atoms with Gasteiger partial charge in [0.15, 0.2) is 5.82 Å². The fourth-order valence-electron chi connectivity index (χ4n) is 1.71. The minimum Gasteiger partial charge on any atom is -0.338 e. The van der Waals surface area contributed by atoms with Crippen LogP contribution in [0.2, 0.25) is 0 Å². The van der Waals surface area contributed by atoms with Crippen LogP contribution in [-0.2, 0) is 12.1 Å². The van der Waals surface area contributed by atoms with Crippen LogP contribution in [0.1, 0.15) is 38.4 Å². The van der Waals surface area contributed by atoms with Crippen molar-refractivity contribution in [3.8, 4) is 0 Å². The van der Waals surface area contributed by atoms with Crippen LogP contribution in [0.25, 0.3) is 0 Å². The maximum atomic E-state index is 5.88. The lowest BCUT2D eigenvalue weighted by molar-refractivity contribution is 0.266. The van der Waals surface area contributed by atoms with Crippen LogP contribution in [0.15, 0.2) is 4.52 Å². The summed E-state index contributed by atoms with van der Waals surface area (Å²) >= 11 is 0. The standard InChI is InChI=1S/C10H18N4O.ClH/c1-10(2,11)9-12-8(15-13-9)7-14-5-3-4-6-14;/h3-7,11H2,1-2H3;1H. The smallest absolute Gasteiger partial charge is 0.240 e. The molecule has 1 saturated heterocycles. The maximum Gasteiger partial charge on any atom is 0.240 e. The van der Waals surface area contributed by atoms with Gasteiger partial charge in [-0.1, -0.05) is 5.16 Å². The van der Waals surface area contributed by atoms with Crippen molar-refractivity contribution < 1.29 is 4.52 Å². The van der Waals surface area contributed by atoms with E-state index in [1.54, 1.807) is 0 Å². The fraction of sp³-hybridized carbons (Fsp3) is 0.800. The first-order chi connectivity index (χ1) is 7.05. The molecule has 6 heteroatoms. The van der Waals surface area contributed by atoms with Gasteiger partial charge in [-0.2, -0.15) is 4.98 Å². The molecular formula is C10H19ClN4O. The van der Waals surface area contributed by atoms with Gasteiger partial charge in [-0.05, 0) is 39.8 Å². The Morgan fingerprint density at radius 2 is 2.00 bits per heavy atom. The molecule has 2 heterocycles. The second kappa shape index (κ2) is 5.12. The van der Waals surface area contributed by atoms with Gasteiger partial charge < -0.3 is 10.3 Å². The Morgan fingerprint density at radius 3 is 2.50 bits per heavy atom. The highest BCUT2D eigenvalue weighted by atomic mass is 35.5. The van der Waals surface area contributed by atoms with E-state index in [0.717, 1.165) is 19.6 Å². The van der Waals surface area contributed by atoms with Crippen molar-refractivity contribution in [2.45, 2.75) is 38.8 Å². The van der Waals surface area contributed by atoms with Gasteiger partial charge in [0.25, 0.3) is 0 Å². The van der Waals surface area contributed by atoms with Crippen LogP contribution >= 0.6 is 12.4 Å². The lowest BCUT2D eigenvalue weighted by Gasteiger charge is -2.12. The number of rotatable bonds is 3. The molecule has 1 aliphatic heterocycles. The average molecular weight is 247 g/mol. The van der Waals surface area contributed by atoms with E-state index in [0.29, 0.717) is 11.7 Å². The lowest BCUT2D eigenvalue weighted by atomic mass is 10.1. The first kappa shape index (κ1) is 13.4. The van der Waals surface area contributed by atoms with E-state index in [9.17, 15) is 0 Å². The van der Waals surface area contributed by atoms with Crippen molar-refractivity contribution >= 4 is 12.4 Å². The summed E-state index contributed by atoms with van der Waals surface area (Å²) in [6.45, 7) is 6.76. The predicted octanol–water partition coefficient (Wildman–Crippen LogP) is 1.28. The number of nitrogens with two attached hydrogens (primary N) is 1. The molecule has 1 aromatic heterocycles. The molecule has 16 heavy (non-hydrogen) atoms. The van der Waals surface area contributed by atoms with Crippen LogP contribution in [-0.4, -0.2) is 28.1 Å². The molecule has 1 aromatic rings. The van der Waals surface area contributed by atoms with Crippen molar-refractivity contribution in [3.05, 3.63) is 11.7 Å². The zero-order chi connectivity index (χ0) is 10.9. The molecular weight excluding hydrogens is 228 g/mol. The minimum atomic E-state index is -0.521. The molecule has 1 fully saturated rings. The van der Waals surface area contributed by atoms with Gasteiger partial charge in [-0.3, -0.25) is 4.90 Å². The Labute approximate surface area is 102 Å². The van der Waals surface area contributed by atoms with Crippen molar-refractivity contribution in [1.29, 1.82) is 0 Å². The predicted molar refractivity (Wildman–Crippen MR) is 63.3 cm³/mol. The molecule has 2 N–H and O–H groups in total. The molecule has 92 valence electrons. The van der Waals surface area contributed by atoms with Crippen molar-refractivity contribution in [2.24, 2.45) is 5.73 Å². The summed E-state index contributed by atoms with van der Waals surface area (Å²) in [6.07, 6.45) is 2.53. The normalized spacial score (nSPS) is 17.4. The van der Waals surface area contributed by atoms with Gasteiger partial charge in [-0.25, -0.2) is 0 Å². The van der Waals surface area contributed by atoms with Gasteiger partial charge >= 0.3 is 0 Å². The minimum absolute atomic E-state index is 0. The Kier molecular flexibility index (Phi) is 4.29. The first-order valence-electron chi connectivity index (χ1n) is 5.40. The number of halogens is 1. The highest BCUT2D eigenvalue weighted by Gasteiger charge is 2.22. The van der Waals surface area contributed by atoms with Crippen LogP contribution in [0.3, 0.4) is 0 Å². The molecule has 0 atom stereocenters. The van der Waals surface area contributed by atoms with E-state index in [1.165, 1.54) is 12.8 Å². The third-order valence-corrected chi connectivity index (χ3v) is 2.60. The molecule has 0 spiro atoms. The molecule has 0 bridgehead atoms. The molecule has 5 nitrogen and oxygen atoms in total. The molecule has 2 rings (SSSR count). The first-order valence-corrected chi connectivity index (χ1v) is 5.40. The summed E-state index contributed by atoms with van der Waals surface area (Å²) in [6, 6.07) is 0. The van der Waals surface area contributed by atoms with E-state index < -0.39 is 5.54 Å². The molecule has 0 saturated carbocycles. The second-order valence-corrected chi connectivity index (χ2v) is 4.72. The van der Waals surface area contributed by atoms with Gasteiger partial charge in [0.05, 0.1) is 12.1 Å². The highest BCUT2D eigenvalue weighted by Crippen LogP contribution is 2.15. The maximum absolute atomic E-state index is 5.88. The third-order valence-electron chi connectivity index (χ3n) is 2.60. The number of nitrogens with zero attached hydrogens (tertiary/aromatic N) is 3. The van der Waals surface area contributed by atoms with Crippen LogP contribution < -0.4 is 5.73 Å². The summed E-state index contributed by atoms with van der Waals surface area (Å²) in [7, 11) is 0. The fourth-order valence-corrected chi connectivity index (χ4v) is 1.71. The summed E-state index contributed by atoms with van der Waals surface area (Å²) in [5.41, 5.74) is 5.36. The van der Waals surface area contributed by atoms with Crippen molar-refractivity contribution in [2.75, 3.05) is 13.1 Å². The van der Waals surface area contributed by atoms with E-state index >= 15 is 0 Å². The van der Waals surface area contributed by atoms with E-state index in [2.05, 4.69) is 15.0 Å². The third kappa shape index (κ3) is 3.17. The zero-order valence-corrected chi connectivity index (χ0v) is 10.6. The molecule has 0 radical (unpaired) electrons. The summed E-state index contributed by atoms with van der Waals surface area (Å²) in [5, 5.41) is 3.89. The van der Waals surface area contributed by atoms with E-state index in [-0.39, 0.29) is 12.4 Å². The van der Waals surface area contributed by atoms with Crippen LogP contribution in [0.5, 0.6) is 0 Å². The topological polar surface area (TPSA) is 68.2 Å². The van der Waals surface area contributed by atoms with Gasteiger partial charge in [0, 0.05) is 0 Å². The Morgan fingerprint density at radius 1 is 1.38 bits per heavy atom. The van der Waals surface area contributed by atoms with Gasteiger partial charge in [0.2, 0.25) is 5.89 Å². The largest absolute Gasteiger partial charge is 0.338 e. The number of likely N-dealkylation sites (tertiary alicyclic amines) is 1. The zero-order valence-electron chi connectivity index (χ0n) is 9.77.